The molecule has 0 saturated carbocycles. The monoisotopic (exact) mass is 251 g/mol. The lowest BCUT2D eigenvalue weighted by atomic mass is 9.99. The predicted molar refractivity (Wildman–Crippen MR) is 72.5 cm³/mol. The summed E-state index contributed by atoms with van der Waals surface area (Å²) < 4.78 is 5.57. The molecular weight excluding hydrogens is 226 g/mol. The number of nitrogens with zero attached hydrogens (tertiary/aromatic N) is 1. The number of hydrogen-bond acceptors (Lipinski definition) is 4. The number of piperidine rings is 1. The van der Waals surface area contributed by atoms with Gasteiger partial charge in [0.25, 0.3) is 0 Å². The van der Waals surface area contributed by atoms with Crippen LogP contribution in [0.15, 0.2) is 4.42 Å². The van der Waals surface area contributed by atoms with E-state index in [9.17, 15) is 0 Å². The highest BCUT2D eigenvalue weighted by atomic mass is 16.4. The molecule has 1 aliphatic rings. The van der Waals surface area contributed by atoms with Crippen LogP contribution in [0.3, 0.4) is 0 Å². The molecule has 4 heteroatoms. The lowest BCUT2D eigenvalue weighted by Gasteiger charge is -2.26. The Bertz CT molecular complexity index is 350. The highest BCUT2D eigenvalue weighted by Gasteiger charge is 2.16. The zero-order chi connectivity index (χ0) is 13.0. The van der Waals surface area contributed by atoms with Crippen LogP contribution in [0.4, 0.5) is 0 Å². The van der Waals surface area contributed by atoms with E-state index in [1.54, 1.807) is 0 Å². The van der Waals surface area contributed by atoms with Crippen molar-refractivity contribution in [3.8, 4) is 0 Å². The van der Waals surface area contributed by atoms with Gasteiger partial charge in [-0.05, 0) is 46.6 Å². The molecule has 2 unspecified atom stereocenters. The molecule has 0 aromatic carbocycles. The molecule has 18 heavy (non-hydrogen) atoms. The Labute approximate surface area is 110 Å². The third-order valence-corrected chi connectivity index (χ3v) is 3.73. The van der Waals surface area contributed by atoms with Crippen LogP contribution in [0.1, 0.15) is 50.0 Å². The van der Waals surface area contributed by atoms with E-state index in [1.807, 2.05) is 13.8 Å². The fraction of sp³-hybridized carbons (Fsp3) is 0.786. The smallest absolute Gasteiger partial charge is 0.208 e. The summed E-state index contributed by atoms with van der Waals surface area (Å²) in [6.07, 6.45) is 5.18. The summed E-state index contributed by atoms with van der Waals surface area (Å²) in [7, 11) is 0. The summed E-state index contributed by atoms with van der Waals surface area (Å²) in [6, 6.07) is 1.17. The Morgan fingerprint density at radius 2 is 2.28 bits per heavy atom. The fourth-order valence-electron chi connectivity index (χ4n) is 2.51. The van der Waals surface area contributed by atoms with Crippen LogP contribution < -0.4 is 10.6 Å². The number of aryl methyl sites for hydroxylation is 2. The highest BCUT2D eigenvalue weighted by molar-refractivity contribution is 5.05. The topological polar surface area (TPSA) is 50.1 Å². The van der Waals surface area contributed by atoms with Crippen LogP contribution in [-0.2, 0) is 6.54 Å². The first-order valence-corrected chi connectivity index (χ1v) is 7.05. The van der Waals surface area contributed by atoms with Crippen molar-refractivity contribution in [2.45, 2.75) is 65.1 Å². The van der Waals surface area contributed by atoms with E-state index in [0.29, 0.717) is 12.1 Å². The molecule has 1 saturated heterocycles. The molecule has 0 amide bonds. The molecule has 0 aliphatic carbocycles. The predicted octanol–water partition coefficient (Wildman–Crippen LogP) is 2.30. The average Bonchev–Trinajstić information content (AvgIpc) is 2.68. The Morgan fingerprint density at radius 1 is 1.44 bits per heavy atom. The van der Waals surface area contributed by atoms with Crippen molar-refractivity contribution in [3.05, 3.63) is 17.3 Å². The standard InChI is InChI=1S/C14H25N3O/c1-10(8-13-6-4-5-7-15-13)16-9-14-17-11(2)12(3)18-14/h10,13,15-16H,4-9H2,1-3H3. The molecule has 0 radical (unpaired) electrons. The van der Waals surface area contributed by atoms with Gasteiger partial charge in [-0.25, -0.2) is 4.98 Å². The van der Waals surface area contributed by atoms with Gasteiger partial charge in [-0.3, -0.25) is 0 Å². The molecule has 1 aliphatic heterocycles. The van der Waals surface area contributed by atoms with Crippen molar-refractivity contribution in [1.29, 1.82) is 0 Å². The largest absolute Gasteiger partial charge is 0.444 e. The number of aromatic nitrogens is 1. The van der Waals surface area contributed by atoms with E-state index < -0.39 is 0 Å². The third-order valence-electron chi connectivity index (χ3n) is 3.73. The first kappa shape index (κ1) is 13.6. The summed E-state index contributed by atoms with van der Waals surface area (Å²) in [5.41, 5.74) is 0.994. The quantitative estimate of drug-likeness (QED) is 0.843. The summed E-state index contributed by atoms with van der Waals surface area (Å²) >= 11 is 0. The molecule has 2 rings (SSSR count). The molecule has 2 N–H and O–H groups in total. The van der Waals surface area contributed by atoms with Gasteiger partial charge in [0.1, 0.15) is 5.76 Å². The van der Waals surface area contributed by atoms with Crippen LogP contribution in [0.25, 0.3) is 0 Å². The van der Waals surface area contributed by atoms with Gasteiger partial charge < -0.3 is 15.1 Å². The second-order valence-electron chi connectivity index (χ2n) is 5.41. The molecule has 1 aromatic heterocycles. The summed E-state index contributed by atoms with van der Waals surface area (Å²) in [5, 5.41) is 7.07. The van der Waals surface area contributed by atoms with Crippen molar-refractivity contribution in [3.63, 3.8) is 0 Å². The van der Waals surface area contributed by atoms with Gasteiger partial charge in [-0.2, -0.15) is 0 Å². The number of rotatable bonds is 5. The van der Waals surface area contributed by atoms with Crippen LogP contribution in [0, 0.1) is 13.8 Å². The van der Waals surface area contributed by atoms with E-state index in [-0.39, 0.29) is 0 Å². The van der Waals surface area contributed by atoms with Crippen LogP contribution in [0.5, 0.6) is 0 Å². The van der Waals surface area contributed by atoms with Crippen molar-refractivity contribution < 1.29 is 4.42 Å². The Hall–Kier alpha value is -0.870. The number of hydrogen-bond donors (Lipinski definition) is 2. The minimum atomic E-state index is 0.494. The second kappa shape index (κ2) is 6.34. The maximum Gasteiger partial charge on any atom is 0.208 e. The zero-order valence-electron chi connectivity index (χ0n) is 11.8. The number of nitrogens with one attached hydrogen (secondary N) is 2. The first-order valence-electron chi connectivity index (χ1n) is 7.05. The van der Waals surface area contributed by atoms with Gasteiger partial charge in [0, 0.05) is 12.1 Å². The maximum absolute atomic E-state index is 5.57. The Balaban J connectivity index is 1.72. The van der Waals surface area contributed by atoms with Gasteiger partial charge in [0.2, 0.25) is 5.89 Å². The van der Waals surface area contributed by atoms with Crippen LogP contribution in [0.2, 0.25) is 0 Å². The Kier molecular flexibility index (Phi) is 4.78. The van der Waals surface area contributed by atoms with Gasteiger partial charge in [0.15, 0.2) is 0 Å². The fourth-order valence-corrected chi connectivity index (χ4v) is 2.51. The maximum atomic E-state index is 5.57. The normalized spacial score (nSPS) is 22.1. The van der Waals surface area contributed by atoms with Crippen molar-refractivity contribution >= 4 is 0 Å². The van der Waals surface area contributed by atoms with E-state index in [2.05, 4.69) is 22.5 Å². The summed E-state index contributed by atoms with van der Waals surface area (Å²) in [4.78, 5) is 4.38. The molecule has 0 bridgehead atoms. The molecule has 1 fully saturated rings. The van der Waals surface area contributed by atoms with Gasteiger partial charge in [0.05, 0.1) is 12.2 Å². The van der Waals surface area contributed by atoms with Crippen molar-refractivity contribution in [2.24, 2.45) is 0 Å². The molecule has 102 valence electrons. The first-order chi connectivity index (χ1) is 8.65. The second-order valence-corrected chi connectivity index (χ2v) is 5.41. The minimum Gasteiger partial charge on any atom is -0.444 e. The minimum absolute atomic E-state index is 0.494. The molecule has 0 spiro atoms. The number of oxazole rings is 1. The molecular formula is C14H25N3O. The van der Waals surface area contributed by atoms with Gasteiger partial charge >= 0.3 is 0 Å². The SMILES string of the molecule is Cc1nc(CNC(C)CC2CCCCN2)oc1C. The Morgan fingerprint density at radius 3 is 2.89 bits per heavy atom. The zero-order valence-corrected chi connectivity index (χ0v) is 11.8. The average molecular weight is 251 g/mol. The summed E-state index contributed by atoms with van der Waals surface area (Å²) in [6.45, 7) is 8.08. The molecule has 2 atom stereocenters. The molecule has 1 aromatic rings. The lowest BCUT2D eigenvalue weighted by Crippen LogP contribution is -2.39. The summed E-state index contributed by atoms with van der Waals surface area (Å²) in [5.74, 6) is 1.72. The van der Waals surface area contributed by atoms with Gasteiger partial charge in [-0.15, -0.1) is 0 Å². The van der Waals surface area contributed by atoms with Gasteiger partial charge in [-0.1, -0.05) is 6.42 Å². The third kappa shape index (κ3) is 3.82. The van der Waals surface area contributed by atoms with Crippen molar-refractivity contribution in [1.82, 2.24) is 15.6 Å². The van der Waals surface area contributed by atoms with E-state index in [4.69, 9.17) is 4.42 Å². The molecule has 2 heterocycles. The van der Waals surface area contributed by atoms with E-state index in [0.717, 1.165) is 23.9 Å². The van der Waals surface area contributed by atoms with Crippen LogP contribution in [-0.4, -0.2) is 23.6 Å². The van der Waals surface area contributed by atoms with Crippen molar-refractivity contribution in [2.75, 3.05) is 6.54 Å². The lowest BCUT2D eigenvalue weighted by molar-refractivity contribution is 0.336. The van der Waals surface area contributed by atoms with Crippen LogP contribution >= 0.6 is 0 Å². The van der Waals surface area contributed by atoms with E-state index in [1.165, 1.54) is 32.2 Å². The highest BCUT2D eigenvalue weighted by Crippen LogP contribution is 2.13. The van der Waals surface area contributed by atoms with E-state index >= 15 is 0 Å². The molecule has 4 nitrogen and oxygen atoms in total.